The van der Waals surface area contributed by atoms with Crippen LogP contribution in [-0.4, -0.2) is 60.7 Å². The van der Waals surface area contributed by atoms with Crippen molar-refractivity contribution in [1.82, 2.24) is 9.34 Å². The number of carbonyl (C=O) groups is 2. The number of ether oxygens (including phenoxy) is 2. The van der Waals surface area contributed by atoms with Crippen molar-refractivity contribution >= 4 is 27.0 Å². The third-order valence-electron chi connectivity index (χ3n) is 4.10. The van der Waals surface area contributed by atoms with Gasteiger partial charge in [-0.25, -0.2) is 13.7 Å². The van der Waals surface area contributed by atoms with Gasteiger partial charge in [0.2, 0.25) is 0 Å². The summed E-state index contributed by atoms with van der Waals surface area (Å²) in [6.45, 7) is 3.46. The third-order valence-corrected chi connectivity index (χ3v) is 9.60. The van der Waals surface area contributed by atoms with Gasteiger partial charge in [-0.05, 0) is 13.8 Å². The summed E-state index contributed by atoms with van der Waals surface area (Å²) in [4.78, 5) is 23.6. The van der Waals surface area contributed by atoms with Crippen molar-refractivity contribution in [3.05, 3.63) is 23.8 Å². The van der Waals surface area contributed by atoms with E-state index in [4.69, 9.17) is 4.31 Å². The molecular formula is C14H22N2O7P2. The van der Waals surface area contributed by atoms with Gasteiger partial charge >= 0.3 is 27.0 Å². The van der Waals surface area contributed by atoms with E-state index < -0.39 is 39.1 Å². The van der Waals surface area contributed by atoms with Gasteiger partial charge in [-0.15, -0.1) is 0 Å². The summed E-state index contributed by atoms with van der Waals surface area (Å²) in [7, 11) is -4.92. The number of methoxy groups -OCH3 is 2. The van der Waals surface area contributed by atoms with E-state index in [1.807, 2.05) is 0 Å². The number of hydrogen-bond acceptors (Lipinski definition) is 7. The van der Waals surface area contributed by atoms with Gasteiger partial charge in [0.25, 0.3) is 0 Å². The summed E-state index contributed by atoms with van der Waals surface area (Å²) >= 11 is 0. The van der Waals surface area contributed by atoms with Gasteiger partial charge in [0.1, 0.15) is 12.1 Å². The molecule has 2 aliphatic rings. The zero-order chi connectivity index (χ0) is 18.8. The van der Waals surface area contributed by atoms with Crippen LogP contribution in [0.25, 0.3) is 0 Å². The zero-order valence-corrected chi connectivity index (χ0v) is 16.3. The van der Waals surface area contributed by atoms with Gasteiger partial charge in [0.05, 0.1) is 14.2 Å². The van der Waals surface area contributed by atoms with Gasteiger partial charge in [0, 0.05) is 24.7 Å². The van der Waals surface area contributed by atoms with Crippen molar-refractivity contribution in [3.63, 3.8) is 0 Å². The minimum Gasteiger partial charge on any atom is -0.468 e. The molecule has 2 heterocycles. The Balaban J connectivity index is 2.26. The number of carbonyl (C=O) groups excluding carboxylic acids is 2. The highest BCUT2D eigenvalue weighted by Crippen LogP contribution is 2.71. The monoisotopic (exact) mass is 392 g/mol. The number of esters is 2. The molecule has 0 amide bonds. The van der Waals surface area contributed by atoms with E-state index in [1.165, 1.54) is 49.0 Å². The fraction of sp³-hybridized carbons (Fsp3) is 0.571. The highest BCUT2D eigenvalue weighted by Gasteiger charge is 2.48. The van der Waals surface area contributed by atoms with E-state index in [-0.39, 0.29) is 13.1 Å². The highest BCUT2D eigenvalue weighted by molar-refractivity contribution is 7.73. The van der Waals surface area contributed by atoms with Crippen LogP contribution >= 0.6 is 15.0 Å². The molecule has 0 spiro atoms. The maximum atomic E-state index is 13.2. The molecule has 0 aliphatic carbocycles. The molecule has 2 aliphatic heterocycles. The molecule has 4 atom stereocenters. The molecule has 9 nitrogen and oxygen atoms in total. The SMILES string of the molecule is COC(=O)[C@H](C)N1CC=CP1(=O)OP1(=O)C=CCN1[C@@H](C)C(=O)OC. The Morgan fingerprint density at radius 3 is 1.56 bits per heavy atom. The fourth-order valence-electron chi connectivity index (χ4n) is 2.67. The lowest BCUT2D eigenvalue weighted by atomic mass is 10.3. The van der Waals surface area contributed by atoms with Crippen LogP contribution in [0.2, 0.25) is 0 Å². The van der Waals surface area contributed by atoms with E-state index >= 15 is 0 Å². The molecule has 140 valence electrons. The predicted octanol–water partition coefficient (Wildman–Crippen LogP) is 2.17. The van der Waals surface area contributed by atoms with Crippen LogP contribution in [0.1, 0.15) is 13.8 Å². The lowest BCUT2D eigenvalue weighted by Crippen LogP contribution is -2.37. The van der Waals surface area contributed by atoms with E-state index in [9.17, 15) is 18.7 Å². The first-order valence-electron chi connectivity index (χ1n) is 7.64. The average Bonchev–Trinajstić information content (AvgIpc) is 3.14. The van der Waals surface area contributed by atoms with Crippen molar-refractivity contribution in [2.24, 2.45) is 0 Å². The maximum absolute atomic E-state index is 13.2. The quantitative estimate of drug-likeness (QED) is 0.497. The lowest BCUT2D eigenvalue weighted by Gasteiger charge is -2.33. The highest BCUT2D eigenvalue weighted by atomic mass is 31.2. The molecule has 2 rings (SSSR count). The van der Waals surface area contributed by atoms with E-state index in [2.05, 4.69) is 9.47 Å². The van der Waals surface area contributed by atoms with Crippen molar-refractivity contribution in [2.45, 2.75) is 25.9 Å². The zero-order valence-electron chi connectivity index (χ0n) is 14.5. The smallest absolute Gasteiger partial charge is 0.323 e. The first-order chi connectivity index (χ1) is 11.7. The van der Waals surface area contributed by atoms with Gasteiger partial charge in [-0.1, -0.05) is 12.2 Å². The largest absolute Gasteiger partial charge is 0.468 e. The average molecular weight is 392 g/mol. The first-order valence-corrected chi connectivity index (χ1v) is 10.9. The minimum atomic E-state index is -3.69. The number of nitrogens with zero attached hydrogens (tertiary/aromatic N) is 2. The molecule has 11 heteroatoms. The van der Waals surface area contributed by atoms with Crippen molar-refractivity contribution in [2.75, 3.05) is 27.3 Å². The van der Waals surface area contributed by atoms with Crippen molar-refractivity contribution in [1.29, 1.82) is 0 Å². The third kappa shape index (κ3) is 3.81. The van der Waals surface area contributed by atoms with Crippen molar-refractivity contribution in [3.8, 4) is 0 Å². The number of hydrogen-bond donors (Lipinski definition) is 0. The molecule has 0 bridgehead atoms. The van der Waals surface area contributed by atoms with Crippen LogP contribution < -0.4 is 0 Å². The molecule has 2 unspecified atom stereocenters. The van der Waals surface area contributed by atoms with Crippen LogP contribution in [0.3, 0.4) is 0 Å². The van der Waals surface area contributed by atoms with Gasteiger partial charge in [0.15, 0.2) is 0 Å². The molecule has 0 aromatic carbocycles. The molecule has 25 heavy (non-hydrogen) atoms. The summed E-state index contributed by atoms with van der Waals surface area (Å²) in [5.41, 5.74) is 0. The minimum absolute atomic E-state index is 0.198. The standard InChI is InChI=1S/C14H22N2O7P2/c1-11(13(17)21-3)15-7-5-9-24(15,19)23-25(20)10-6-8-16(25)12(2)14(18)22-4/h5-6,9-12H,7-8H2,1-4H3/t11-,12-,24?,25?/m0/s1. The molecular weight excluding hydrogens is 370 g/mol. The molecule has 0 fully saturated rings. The molecule has 0 aromatic heterocycles. The summed E-state index contributed by atoms with van der Waals surface area (Å²) in [6.07, 6.45) is 3.17. The second kappa shape index (κ2) is 7.56. The van der Waals surface area contributed by atoms with E-state index in [0.717, 1.165) is 0 Å². The summed E-state index contributed by atoms with van der Waals surface area (Å²) in [5, 5.41) is 0. The Bertz CT molecular complexity index is 647. The van der Waals surface area contributed by atoms with E-state index in [0.29, 0.717) is 0 Å². The normalized spacial score (nSPS) is 31.8. The lowest BCUT2D eigenvalue weighted by molar-refractivity contribution is -0.145. The predicted molar refractivity (Wildman–Crippen MR) is 90.9 cm³/mol. The van der Waals surface area contributed by atoms with Gasteiger partial charge in [-0.3, -0.25) is 18.7 Å². The summed E-state index contributed by atoms with van der Waals surface area (Å²) < 4.78 is 44.0. The van der Waals surface area contributed by atoms with Crippen LogP contribution in [0, 0.1) is 0 Å². The molecule has 0 radical (unpaired) electrons. The van der Waals surface area contributed by atoms with Crippen LogP contribution in [0.4, 0.5) is 0 Å². The fourth-order valence-corrected chi connectivity index (χ4v) is 8.06. The van der Waals surface area contributed by atoms with Gasteiger partial charge in [-0.2, -0.15) is 0 Å². The molecule has 0 aromatic rings. The van der Waals surface area contributed by atoms with Gasteiger partial charge < -0.3 is 9.47 Å². The molecule has 0 saturated heterocycles. The Labute approximate surface area is 146 Å². The van der Waals surface area contributed by atoms with Crippen LogP contribution in [0.5, 0.6) is 0 Å². The Morgan fingerprint density at radius 2 is 1.24 bits per heavy atom. The topological polar surface area (TPSA) is 102 Å². The Morgan fingerprint density at radius 1 is 0.880 bits per heavy atom. The second-order valence-electron chi connectivity index (χ2n) is 5.62. The number of rotatable bonds is 6. The second-order valence-corrected chi connectivity index (χ2v) is 10.2. The Hall–Kier alpha value is -1.24. The molecule has 0 saturated carbocycles. The van der Waals surface area contributed by atoms with Crippen LogP contribution in [0.15, 0.2) is 23.8 Å². The summed E-state index contributed by atoms with van der Waals surface area (Å²) in [5.74, 6) is 1.48. The Kier molecular flexibility index (Phi) is 6.07. The van der Waals surface area contributed by atoms with Crippen LogP contribution in [-0.2, 0) is 32.5 Å². The molecule has 0 N–H and O–H groups in total. The first kappa shape index (κ1) is 20.1. The summed E-state index contributed by atoms with van der Waals surface area (Å²) in [6, 6.07) is -1.68. The van der Waals surface area contributed by atoms with E-state index in [1.54, 1.807) is 12.2 Å². The van der Waals surface area contributed by atoms with Crippen molar-refractivity contribution < 1.29 is 32.5 Å². The maximum Gasteiger partial charge on any atom is 0.323 e.